The zero-order valence-electron chi connectivity index (χ0n) is 8.16. The van der Waals surface area contributed by atoms with E-state index in [1.165, 1.54) is 11.8 Å². The number of thioether (sulfide) groups is 1. The fourth-order valence-electron chi connectivity index (χ4n) is 0.998. The number of anilines is 1. The molecule has 1 unspecified atom stereocenters. The third kappa shape index (κ3) is 3.02. The highest BCUT2D eigenvalue weighted by Gasteiger charge is 2.16. The maximum atomic E-state index is 11.2. The number of nitrogens with two attached hydrogens (primary N) is 2. The summed E-state index contributed by atoms with van der Waals surface area (Å²) in [5.74, 6) is 4.76. The molecule has 0 saturated heterocycles. The zero-order valence-corrected chi connectivity index (χ0v) is 9.73. The van der Waals surface area contributed by atoms with Crippen LogP contribution >= 0.6 is 23.4 Å². The summed E-state index contributed by atoms with van der Waals surface area (Å²) in [7, 11) is 0. The Morgan fingerprint density at radius 2 is 2.27 bits per heavy atom. The first-order valence-corrected chi connectivity index (χ1v) is 5.53. The molecule has 5 N–H and O–H groups in total. The number of nitrogen functional groups attached to an aromatic ring is 1. The molecule has 0 saturated carbocycles. The lowest BCUT2D eigenvalue weighted by Crippen LogP contribution is -2.36. The molecule has 0 aromatic heterocycles. The van der Waals surface area contributed by atoms with E-state index in [1.54, 1.807) is 25.1 Å². The van der Waals surface area contributed by atoms with Gasteiger partial charge in [0.1, 0.15) is 0 Å². The third-order valence-corrected chi connectivity index (χ3v) is 3.49. The van der Waals surface area contributed by atoms with E-state index in [4.69, 9.17) is 23.2 Å². The molecule has 1 amide bonds. The zero-order chi connectivity index (χ0) is 11.4. The number of hydrogen-bond donors (Lipinski definition) is 3. The highest BCUT2D eigenvalue weighted by atomic mass is 35.5. The van der Waals surface area contributed by atoms with Crippen molar-refractivity contribution in [2.45, 2.75) is 17.1 Å². The van der Waals surface area contributed by atoms with Crippen LogP contribution in [-0.4, -0.2) is 11.2 Å². The van der Waals surface area contributed by atoms with Gasteiger partial charge in [0.15, 0.2) is 0 Å². The summed E-state index contributed by atoms with van der Waals surface area (Å²) in [6.07, 6.45) is 0. The van der Waals surface area contributed by atoms with Gasteiger partial charge in [-0.25, -0.2) is 5.84 Å². The summed E-state index contributed by atoms with van der Waals surface area (Å²) in [6.45, 7) is 1.73. The first-order chi connectivity index (χ1) is 7.06. The summed E-state index contributed by atoms with van der Waals surface area (Å²) in [4.78, 5) is 11.9. The molecule has 1 atom stereocenters. The summed E-state index contributed by atoms with van der Waals surface area (Å²) in [5.41, 5.74) is 8.38. The first-order valence-electron chi connectivity index (χ1n) is 4.27. The lowest BCUT2D eigenvalue weighted by molar-refractivity contribution is -0.120. The molecule has 0 aliphatic carbocycles. The van der Waals surface area contributed by atoms with Crippen LogP contribution in [0.2, 0.25) is 5.02 Å². The van der Waals surface area contributed by atoms with Crippen LogP contribution in [0.15, 0.2) is 23.1 Å². The number of benzene rings is 1. The number of hydrazine groups is 1. The minimum Gasteiger partial charge on any atom is -0.398 e. The van der Waals surface area contributed by atoms with Crippen molar-refractivity contribution in [1.82, 2.24) is 5.43 Å². The van der Waals surface area contributed by atoms with Gasteiger partial charge in [0.2, 0.25) is 5.91 Å². The summed E-state index contributed by atoms with van der Waals surface area (Å²) < 4.78 is 0. The second-order valence-corrected chi connectivity index (χ2v) is 4.69. The molecule has 0 heterocycles. The SMILES string of the molecule is CC(Sc1c(N)cccc1Cl)C(=O)NN. The lowest BCUT2D eigenvalue weighted by atomic mass is 10.3. The molecule has 0 spiro atoms. The molecule has 4 nitrogen and oxygen atoms in total. The van der Waals surface area contributed by atoms with E-state index in [9.17, 15) is 4.79 Å². The molecule has 15 heavy (non-hydrogen) atoms. The topological polar surface area (TPSA) is 81.1 Å². The van der Waals surface area contributed by atoms with Crippen molar-refractivity contribution < 1.29 is 4.79 Å². The predicted molar refractivity (Wildman–Crippen MR) is 63.5 cm³/mol. The molecular weight excluding hydrogens is 234 g/mol. The Kier molecular flexibility index (Phi) is 4.26. The number of carbonyl (C=O) groups excluding carboxylic acids is 1. The Morgan fingerprint density at radius 3 is 2.80 bits per heavy atom. The van der Waals surface area contributed by atoms with Crippen LogP contribution in [0.3, 0.4) is 0 Å². The molecule has 0 radical (unpaired) electrons. The van der Waals surface area contributed by atoms with Gasteiger partial charge in [-0.15, -0.1) is 11.8 Å². The van der Waals surface area contributed by atoms with Gasteiger partial charge in [0, 0.05) is 10.6 Å². The maximum Gasteiger partial charge on any atom is 0.247 e. The lowest BCUT2D eigenvalue weighted by Gasteiger charge is -2.12. The second-order valence-electron chi connectivity index (χ2n) is 2.93. The Labute approximate surface area is 97.3 Å². The highest BCUT2D eigenvalue weighted by molar-refractivity contribution is 8.00. The molecule has 1 aromatic carbocycles. The largest absolute Gasteiger partial charge is 0.398 e. The van der Waals surface area contributed by atoms with Gasteiger partial charge < -0.3 is 5.73 Å². The molecular formula is C9H12ClN3OS. The van der Waals surface area contributed by atoms with Crippen molar-refractivity contribution in [2.75, 3.05) is 5.73 Å². The highest BCUT2D eigenvalue weighted by Crippen LogP contribution is 2.34. The maximum absolute atomic E-state index is 11.2. The molecule has 1 rings (SSSR count). The van der Waals surface area contributed by atoms with Crippen LogP contribution in [0, 0.1) is 0 Å². The van der Waals surface area contributed by atoms with E-state index in [2.05, 4.69) is 5.43 Å². The number of amides is 1. The Hall–Kier alpha value is -0.910. The van der Waals surface area contributed by atoms with E-state index < -0.39 is 0 Å². The van der Waals surface area contributed by atoms with Gasteiger partial charge >= 0.3 is 0 Å². The van der Waals surface area contributed by atoms with Crippen LogP contribution < -0.4 is 17.0 Å². The predicted octanol–water partition coefficient (Wildman–Crippen LogP) is 1.39. The van der Waals surface area contributed by atoms with Gasteiger partial charge in [-0.1, -0.05) is 17.7 Å². The fourth-order valence-corrected chi connectivity index (χ4v) is 2.23. The van der Waals surface area contributed by atoms with Gasteiger partial charge in [-0.2, -0.15) is 0 Å². The Bertz CT molecular complexity index is 352. The number of halogens is 1. The van der Waals surface area contributed by atoms with Crippen LogP contribution in [-0.2, 0) is 4.79 Å². The van der Waals surface area contributed by atoms with E-state index in [-0.39, 0.29) is 11.2 Å². The van der Waals surface area contributed by atoms with Gasteiger partial charge in [0.25, 0.3) is 0 Å². The average molecular weight is 246 g/mol. The van der Waals surface area contributed by atoms with Crippen LogP contribution in [0.4, 0.5) is 5.69 Å². The van der Waals surface area contributed by atoms with Crippen molar-refractivity contribution in [3.63, 3.8) is 0 Å². The molecule has 82 valence electrons. The van der Waals surface area contributed by atoms with Crippen molar-refractivity contribution in [3.05, 3.63) is 23.2 Å². The number of nitrogens with one attached hydrogen (secondary N) is 1. The standard InChI is InChI=1S/C9H12ClN3OS/c1-5(9(14)13-12)15-8-6(10)3-2-4-7(8)11/h2-5H,11-12H2,1H3,(H,13,14). The number of rotatable bonds is 3. The van der Waals surface area contributed by atoms with Crippen molar-refractivity contribution in [1.29, 1.82) is 0 Å². The van der Waals surface area contributed by atoms with Gasteiger partial charge in [-0.3, -0.25) is 10.2 Å². The van der Waals surface area contributed by atoms with Crippen LogP contribution in [0.1, 0.15) is 6.92 Å². The van der Waals surface area contributed by atoms with Gasteiger partial charge in [-0.05, 0) is 19.1 Å². The Balaban J connectivity index is 2.85. The smallest absolute Gasteiger partial charge is 0.247 e. The number of carbonyl (C=O) groups is 1. The first kappa shape index (κ1) is 12.2. The summed E-state index contributed by atoms with van der Waals surface area (Å²) in [5, 5.41) is 0.203. The van der Waals surface area contributed by atoms with Crippen molar-refractivity contribution in [3.8, 4) is 0 Å². The second kappa shape index (κ2) is 5.25. The normalized spacial score (nSPS) is 12.2. The molecule has 0 aliphatic rings. The monoisotopic (exact) mass is 245 g/mol. The van der Waals surface area contributed by atoms with Crippen molar-refractivity contribution in [2.24, 2.45) is 5.84 Å². The molecule has 6 heteroatoms. The van der Waals surface area contributed by atoms with E-state index in [1.807, 2.05) is 0 Å². The summed E-state index contributed by atoms with van der Waals surface area (Å²) >= 11 is 7.24. The molecule has 0 aliphatic heterocycles. The molecule has 1 aromatic rings. The minimum atomic E-state index is -0.336. The van der Waals surface area contributed by atoms with E-state index in [0.29, 0.717) is 15.6 Å². The molecule has 0 fully saturated rings. The van der Waals surface area contributed by atoms with Gasteiger partial charge in [0.05, 0.1) is 10.3 Å². The Morgan fingerprint density at radius 1 is 1.60 bits per heavy atom. The molecule has 0 bridgehead atoms. The quantitative estimate of drug-likeness (QED) is 0.247. The fraction of sp³-hybridized carbons (Fsp3) is 0.222. The average Bonchev–Trinajstić information content (AvgIpc) is 2.22. The number of hydrogen-bond acceptors (Lipinski definition) is 4. The minimum absolute atomic E-state index is 0.265. The summed E-state index contributed by atoms with van der Waals surface area (Å²) in [6, 6.07) is 5.23. The third-order valence-electron chi connectivity index (χ3n) is 1.80. The van der Waals surface area contributed by atoms with E-state index in [0.717, 1.165) is 0 Å². The van der Waals surface area contributed by atoms with Crippen LogP contribution in [0.25, 0.3) is 0 Å². The van der Waals surface area contributed by atoms with Crippen molar-refractivity contribution >= 4 is 35.0 Å². The van der Waals surface area contributed by atoms with E-state index >= 15 is 0 Å². The van der Waals surface area contributed by atoms with Crippen LogP contribution in [0.5, 0.6) is 0 Å².